The van der Waals surface area contributed by atoms with E-state index in [1.807, 2.05) is 22.7 Å². The summed E-state index contributed by atoms with van der Waals surface area (Å²) in [5.74, 6) is 0. The van der Waals surface area contributed by atoms with Crippen LogP contribution in [-0.2, 0) is 36.5 Å². The molecule has 0 aliphatic heterocycles. The van der Waals surface area contributed by atoms with Crippen molar-refractivity contribution in [3.63, 3.8) is 0 Å². The van der Waals surface area contributed by atoms with Crippen LogP contribution in [0.4, 0.5) is 0 Å². The molecule has 2 heterocycles. The lowest BCUT2D eigenvalue weighted by Crippen LogP contribution is -2.06. The Bertz CT molecular complexity index is 2280. The Balaban J connectivity index is 1.53. The van der Waals surface area contributed by atoms with E-state index in [0.29, 0.717) is 0 Å². The Kier molecular flexibility index (Phi) is 22.7. The quantitative estimate of drug-likeness (QED) is 0.0411. The second-order valence-electron chi connectivity index (χ2n) is 18.5. The molecular weight excluding hydrogens is 1100 g/mol. The zero-order chi connectivity index (χ0) is 45.4. The topological polar surface area (TPSA) is 17.1 Å². The lowest BCUT2D eigenvalue weighted by Gasteiger charge is -2.19. The maximum atomic E-state index is 16.6. The van der Waals surface area contributed by atoms with Crippen molar-refractivity contribution in [2.24, 2.45) is 0 Å². The van der Waals surface area contributed by atoms with E-state index in [1.165, 1.54) is 213 Å². The summed E-state index contributed by atoms with van der Waals surface area (Å²) in [5, 5.41) is 4.97. The van der Waals surface area contributed by atoms with Crippen LogP contribution in [0.25, 0.3) is 40.3 Å². The molecule has 0 N–H and O–H groups in total. The van der Waals surface area contributed by atoms with E-state index in [9.17, 15) is 0 Å². The molecule has 0 atom stereocenters. The Hall–Kier alpha value is -0.610. The fraction of sp³-hybridized carbons (Fsp3) is 0.571. The maximum absolute atomic E-state index is 16.6. The third kappa shape index (κ3) is 13.8. The summed E-state index contributed by atoms with van der Waals surface area (Å²) in [6, 6.07) is 14.4. The first-order chi connectivity index (χ1) is 31.2. The standard InChI is InChI=1S/C56H74Br4OS3/c1-5-9-13-17-21-25-29-39-33-43-49(35-45(39)57)62-51-37-47(59)41(31-27-23-19-15-11-7-3)55(53(43)51)64(61)56-42(32-28-24-20-16-12-8-4)48(60)38-52-54(56)44-34-40(46(58)36-50(44)63-52)30-26-22-18-14-10-6-2/h33-38H,5-32H2,1-4H3. The molecule has 0 aliphatic rings. The van der Waals surface area contributed by atoms with Crippen LogP contribution in [0, 0.1) is 0 Å². The average molecular weight is 1180 g/mol. The number of halogens is 4. The molecule has 0 saturated carbocycles. The minimum absolute atomic E-state index is 0.922. The predicted octanol–water partition coefficient (Wildman–Crippen LogP) is 22.3. The molecular formula is C56H74Br4OS3. The number of unbranched alkanes of at least 4 members (excludes halogenated alkanes) is 20. The van der Waals surface area contributed by atoms with E-state index in [4.69, 9.17) is 0 Å². The molecule has 350 valence electrons. The minimum atomic E-state index is -1.44. The van der Waals surface area contributed by atoms with Gasteiger partial charge in [0.15, 0.2) is 0 Å². The lowest BCUT2D eigenvalue weighted by atomic mass is 10.00. The number of hydrogen-bond acceptors (Lipinski definition) is 3. The van der Waals surface area contributed by atoms with Crippen LogP contribution in [-0.4, -0.2) is 4.21 Å². The first-order valence-electron chi connectivity index (χ1n) is 25.4. The molecule has 6 rings (SSSR count). The zero-order valence-corrected chi connectivity index (χ0v) is 48.2. The molecule has 8 heteroatoms. The number of aryl methyl sites for hydroxylation is 2. The van der Waals surface area contributed by atoms with Crippen LogP contribution in [0.15, 0.2) is 64.1 Å². The van der Waals surface area contributed by atoms with Crippen LogP contribution in [0.5, 0.6) is 0 Å². The van der Waals surface area contributed by atoms with Gasteiger partial charge in [-0.3, -0.25) is 0 Å². The molecule has 2 aromatic heterocycles. The average Bonchev–Trinajstić information content (AvgIpc) is 3.80. The van der Waals surface area contributed by atoms with Crippen molar-refractivity contribution in [1.29, 1.82) is 0 Å². The summed E-state index contributed by atoms with van der Waals surface area (Å²) in [5.41, 5.74) is 5.23. The van der Waals surface area contributed by atoms with Crippen molar-refractivity contribution in [3.05, 3.63) is 76.5 Å². The Morgan fingerprint density at radius 2 is 0.672 bits per heavy atom. The molecule has 1 nitrogen and oxygen atoms in total. The van der Waals surface area contributed by atoms with Gasteiger partial charge in [0.1, 0.15) is 0 Å². The Morgan fingerprint density at radius 1 is 0.375 bits per heavy atom. The fourth-order valence-corrected chi connectivity index (χ4v) is 17.2. The monoisotopic (exact) mass is 1170 g/mol. The van der Waals surface area contributed by atoms with Gasteiger partial charge in [0.05, 0.1) is 20.6 Å². The van der Waals surface area contributed by atoms with E-state index in [0.717, 1.165) is 57.3 Å². The Morgan fingerprint density at radius 3 is 1.02 bits per heavy atom. The molecule has 4 aromatic carbocycles. The first kappa shape index (κ1) is 52.8. The summed E-state index contributed by atoms with van der Waals surface area (Å²) in [6.45, 7) is 9.17. The van der Waals surface area contributed by atoms with Crippen molar-refractivity contribution in [2.45, 2.75) is 217 Å². The Labute approximate surface area is 431 Å². The van der Waals surface area contributed by atoms with Crippen LogP contribution >= 0.6 is 86.4 Å². The highest BCUT2D eigenvalue weighted by Crippen LogP contribution is 2.49. The van der Waals surface area contributed by atoms with Gasteiger partial charge in [-0.25, -0.2) is 4.21 Å². The molecule has 64 heavy (non-hydrogen) atoms. The summed E-state index contributed by atoms with van der Waals surface area (Å²) in [6.07, 6.45) is 34.2. The van der Waals surface area contributed by atoms with Gasteiger partial charge in [-0.2, -0.15) is 0 Å². The second-order valence-corrected chi connectivity index (χ2v) is 25.4. The molecule has 0 bridgehead atoms. The van der Waals surface area contributed by atoms with Crippen molar-refractivity contribution >= 4 is 138 Å². The highest BCUT2D eigenvalue weighted by Gasteiger charge is 2.28. The van der Waals surface area contributed by atoms with Gasteiger partial charge < -0.3 is 0 Å². The van der Waals surface area contributed by atoms with E-state index in [-0.39, 0.29) is 0 Å². The number of fused-ring (bicyclic) bond motifs is 6. The summed E-state index contributed by atoms with van der Waals surface area (Å²) in [7, 11) is -1.44. The minimum Gasteiger partial charge on any atom is -0.249 e. The van der Waals surface area contributed by atoms with E-state index in [1.54, 1.807) is 0 Å². The number of rotatable bonds is 30. The largest absolute Gasteiger partial charge is 0.249 e. The molecule has 0 radical (unpaired) electrons. The highest BCUT2D eigenvalue weighted by atomic mass is 79.9. The van der Waals surface area contributed by atoms with Gasteiger partial charge in [0.25, 0.3) is 0 Å². The van der Waals surface area contributed by atoms with Gasteiger partial charge in [0, 0.05) is 58.2 Å². The predicted molar refractivity (Wildman–Crippen MR) is 302 cm³/mol. The molecule has 0 aliphatic carbocycles. The van der Waals surface area contributed by atoms with Gasteiger partial charge in [-0.05, 0) is 110 Å². The van der Waals surface area contributed by atoms with Gasteiger partial charge >= 0.3 is 0 Å². The van der Waals surface area contributed by atoms with E-state index < -0.39 is 10.8 Å². The molecule has 0 unspecified atom stereocenters. The first-order valence-corrected chi connectivity index (χ1v) is 31.3. The third-order valence-electron chi connectivity index (χ3n) is 13.4. The van der Waals surface area contributed by atoms with Gasteiger partial charge in [-0.15, -0.1) is 22.7 Å². The molecule has 6 aromatic rings. The third-order valence-corrected chi connectivity index (χ3v) is 20.1. The van der Waals surface area contributed by atoms with Gasteiger partial charge in [0.2, 0.25) is 0 Å². The van der Waals surface area contributed by atoms with E-state index in [2.05, 4.69) is 128 Å². The fourth-order valence-electron chi connectivity index (χ4n) is 9.67. The SMILES string of the molecule is CCCCCCCCc1cc2c(cc1Br)sc1cc(Br)c(CCCCCCCC)c(S(=O)c3c(CCCCCCCC)c(Br)cc4sc5cc(Br)c(CCCCCCCC)cc5c34)c12. The number of thiophene rings is 2. The lowest BCUT2D eigenvalue weighted by molar-refractivity contribution is 0.604. The van der Waals surface area contributed by atoms with Crippen molar-refractivity contribution in [1.82, 2.24) is 0 Å². The van der Waals surface area contributed by atoms with Crippen molar-refractivity contribution < 1.29 is 4.21 Å². The maximum Gasteiger partial charge on any atom is 0.0869 e. The van der Waals surface area contributed by atoms with E-state index >= 15 is 4.21 Å². The molecule has 0 saturated heterocycles. The summed E-state index contributed by atoms with van der Waals surface area (Å²) >= 11 is 20.0. The summed E-state index contributed by atoms with van der Waals surface area (Å²) < 4.78 is 26.2. The number of benzene rings is 4. The molecule has 0 fully saturated rings. The van der Waals surface area contributed by atoms with Crippen LogP contribution in [0.2, 0.25) is 0 Å². The second kappa shape index (κ2) is 27.5. The van der Waals surface area contributed by atoms with Crippen LogP contribution < -0.4 is 0 Å². The highest BCUT2D eigenvalue weighted by molar-refractivity contribution is 9.11. The van der Waals surface area contributed by atoms with Crippen molar-refractivity contribution in [2.75, 3.05) is 0 Å². The van der Waals surface area contributed by atoms with Crippen LogP contribution in [0.1, 0.15) is 204 Å². The molecule has 0 spiro atoms. The zero-order valence-electron chi connectivity index (χ0n) is 39.4. The van der Waals surface area contributed by atoms with Gasteiger partial charge in [-0.1, -0.05) is 220 Å². The number of hydrogen-bond donors (Lipinski definition) is 0. The van der Waals surface area contributed by atoms with Crippen molar-refractivity contribution in [3.8, 4) is 0 Å². The summed E-state index contributed by atoms with van der Waals surface area (Å²) in [4.78, 5) is 2.09. The smallest absolute Gasteiger partial charge is 0.0869 e. The normalized spacial score (nSPS) is 12.1. The molecule has 0 amide bonds. The van der Waals surface area contributed by atoms with Crippen LogP contribution in [0.3, 0.4) is 0 Å².